The minimum absolute atomic E-state index is 0.293. The zero-order valence-electron chi connectivity index (χ0n) is 23.8. The molecule has 0 aromatic heterocycles. The summed E-state index contributed by atoms with van der Waals surface area (Å²) in [6, 6.07) is 11.3. The van der Waals surface area contributed by atoms with Crippen LogP contribution in [0.2, 0.25) is 0 Å². The molecular formula is C31H39N3O6. The number of nitrogens with zero attached hydrogens (tertiary/aromatic N) is 1. The first-order chi connectivity index (χ1) is 19.1. The van der Waals surface area contributed by atoms with Gasteiger partial charge in [0.2, 0.25) is 17.7 Å². The molecule has 9 heteroatoms. The number of benzene rings is 2. The zero-order chi connectivity index (χ0) is 28.8. The lowest BCUT2D eigenvalue weighted by molar-refractivity contribution is -0.146. The summed E-state index contributed by atoms with van der Waals surface area (Å²) in [7, 11) is 0. The monoisotopic (exact) mass is 549 g/mol. The van der Waals surface area contributed by atoms with E-state index in [1.54, 1.807) is 24.3 Å². The summed E-state index contributed by atoms with van der Waals surface area (Å²) in [6.45, 7) is 9.74. The van der Waals surface area contributed by atoms with Gasteiger partial charge in [-0.15, -0.1) is 0 Å². The van der Waals surface area contributed by atoms with E-state index in [1.165, 1.54) is 4.90 Å². The van der Waals surface area contributed by atoms with Gasteiger partial charge in [0.15, 0.2) is 0 Å². The molecule has 3 aliphatic heterocycles. The number of amides is 3. The van der Waals surface area contributed by atoms with Crippen molar-refractivity contribution in [2.24, 2.45) is 11.8 Å². The van der Waals surface area contributed by atoms with Crippen LogP contribution in [0.3, 0.4) is 0 Å². The van der Waals surface area contributed by atoms with Gasteiger partial charge in [-0.25, -0.2) is 0 Å². The third kappa shape index (κ3) is 4.45. The third-order valence-electron chi connectivity index (χ3n) is 8.90. The normalized spacial score (nSPS) is 29.3. The smallest absolute Gasteiger partial charge is 0.250 e. The molecule has 1 spiro atoms. The predicted molar refractivity (Wildman–Crippen MR) is 151 cm³/mol. The van der Waals surface area contributed by atoms with Crippen LogP contribution in [-0.4, -0.2) is 64.2 Å². The van der Waals surface area contributed by atoms with Crippen LogP contribution in [0.25, 0.3) is 0 Å². The van der Waals surface area contributed by atoms with E-state index in [0.717, 1.165) is 11.1 Å². The van der Waals surface area contributed by atoms with Crippen LogP contribution in [0.15, 0.2) is 42.5 Å². The Bertz CT molecular complexity index is 1310. The molecule has 2 bridgehead atoms. The van der Waals surface area contributed by atoms with Gasteiger partial charge < -0.3 is 30.1 Å². The number of rotatable bonds is 9. The van der Waals surface area contributed by atoms with E-state index < -0.39 is 35.1 Å². The number of aliphatic hydroxyl groups is 1. The number of carbonyl (C=O) groups excluding carboxylic acids is 3. The van der Waals surface area contributed by atoms with Crippen molar-refractivity contribution >= 4 is 29.1 Å². The van der Waals surface area contributed by atoms with Crippen molar-refractivity contribution in [1.82, 2.24) is 4.90 Å². The highest BCUT2D eigenvalue weighted by Gasteiger charge is 2.78. The Hall–Kier alpha value is -3.43. The SMILES string of the molecule is CCOc1ccc(NC(=O)[C@@H]2[C@H]3C(=O)N([C@@H](CC)CO)C(C(=O)Nc4cc(C)ccc4C)C34CC[C@@]2(C)O4)cc1. The van der Waals surface area contributed by atoms with E-state index in [9.17, 15) is 19.5 Å². The second-order valence-corrected chi connectivity index (χ2v) is 11.5. The lowest BCUT2D eigenvalue weighted by atomic mass is 9.66. The fourth-order valence-electron chi connectivity index (χ4n) is 6.96. The molecule has 2 aromatic carbocycles. The Balaban J connectivity index is 1.50. The summed E-state index contributed by atoms with van der Waals surface area (Å²) in [6.07, 6.45) is 1.46. The molecule has 3 aliphatic rings. The zero-order valence-corrected chi connectivity index (χ0v) is 23.8. The number of likely N-dealkylation sites (tertiary alicyclic amines) is 1. The Morgan fingerprint density at radius 3 is 2.48 bits per heavy atom. The van der Waals surface area contributed by atoms with Crippen LogP contribution in [0.1, 0.15) is 51.2 Å². The molecule has 2 unspecified atom stereocenters. The Morgan fingerprint density at radius 2 is 1.82 bits per heavy atom. The number of aliphatic hydroxyl groups excluding tert-OH is 1. The Kier molecular flexibility index (Phi) is 7.39. The van der Waals surface area contributed by atoms with Gasteiger partial charge in [0.1, 0.15) is 17.4 Å². The number of hydrogen-bond donors (Lipinski definition) is 3. The van der Waals surface area contributed by atoms with Crippen LogP contribution >= 0.6 is 0 Å². The quantitative estimate of drug-likeness (QED) is 0.438. The number of fused-ring (bicyclic) bond motifs is 1. The van der Waals surface area contributed by atoms with E-state index in [0.29, 0.717) is 43.0 Å². The van der Waals surface area contributed by atoms with E-state index in [4.69, 9.17) is 9.47 Å². The molecule has 3 N–H and O–H groups in total. The standard InChI is InChI=1S/C31H39N3O6/c1-6-21(17-35)34-26(28(37)33-23-16-18(3)8-9-19(23)4)31-15-14-30(5,40-31)24(25(31)29(34)38)27(36)32-20-10-12-22(13-11-20)39-7-2/h8-13,16,21,24-26,35H,6-7,14-15,17H2,1-5H3,(H,32,36)(H,33,37)/t21-,24-,25-,26?,30+,31?/m0/s1. The van der Waals surface area contributed by atoms with Gasteiger partial charge in [0.05, 0.1) is 36.7 Å². The highest BCUT2D eigenvalue weighted by atomic mass is 16.5. The molecule has 214 valence electrons. The minimum atomic E-state index is -1.17. The molecule has 3 heterocycles. The second kappa shape index (κ2) is 10.5. The van der Waals surface area contributed by atoms with Crippen molar-refractivity contribution in [2.45, 2.75) is 77.2 Å². The molecule has 2 aromatic rings. The number of aryl methyl sites for hydroxylation is 2. The first-order valence-electron chi connectivity index (χ1n) is 14.1. The maximum absolute atomic E-state index is 14.2. The third-order valence-corrected chi connectivity index (χ3v) is 8.90. The molecular weight excluding hydrogens is 510 g/mol. The van der Waals surface area contributed by atoms with E-state index in [-0.39, 0.29) is 24.3 Å². The molecule has 0 aliphatic carbocycles. The Morgan fingerprint density at radius 1 is 1.10 bits per heavy atom. The molecule has 9 nitrogen and oxygen atoms in total. The number of nitrogens with one attached hydrogen (secondary N) is 2. The molecule has 0 saturated carbocycles. The minimum Gasteiger partial charge on any atom is -0.494 e. The summed E-state index contributed by atoms with van der Waals surface area (Å²) in [5.41, 5.74) is 1.07. The maximum Gasteiger partial charge on any atom is 0.250 e. The summed E-state index contributed by atoms with van der Waals surface area (Å²) in [5, 5.41) is 16.2. The van der Waals surface area contributed by atoms with Crippen molar-refractivity contribution in [3.8, 4) is 5.75 Å². The average Bonchev–Trinajstić information content (AvgIpc) is 3.49. The van der Waals surface area contributed by atoms with Crippen molar-refractivity contribution in [1.29, 1.82) is 0 Å². The second-order valence-electron chi connectivity index (χ2n) is 11.5. The van der Waals surface area contributed by atoms with Crippen molar-refractivity contribution in [3.63, 3.8) is 0 Å². The number of carbonyl (C=O) groups is 3. The largest absolute Gasteiger partial charge is 0.494 e. The summed E-state index contributed by atoms with van der Waals surface area (Å²) in [5.74, 6) is -1.95. The molecule has 40 heavy (non-hydrogen) atoms. The van der Waals surface area contributed by atoms with Crippen LogP contribution in [0, 0.1) is 25.7 Å². The van der Waals surface area contributed by atoms with E-state index >= 15 is 0 Å². The topological polar surface area (TPSA) is 117 Å². The van der Waals surface area contributed by atoms with Gasteiger partial charge in [-0.05, 0) is 88.4 Å². The number of anilines is 2. The molecule has 3 saturated heterocycles. The molecule has 0 radical (unpaired) electrons. The maximum atomic E-state index is 14.2. The number of ether oxygens (including phenoxy) is 2. The molecule has 3 fully saturated rings. The highest BCUT2D eigenvalue weighted by molar-refractivity contribution is 6.05. The van der Waals surface area contributed by atoms with Crippen molar-refractivity contribution in [2.75, 3.05) is 23.8 Å². The van der Waals surface area contributed by atoms with Gasteiger partial charge >= 0.3 is 0 Å². The molecule has 3 amide bonds. The van der Waals surface area contributed by atoms with Gasteiger partial charge in [-0.1, -0.05) is 19.1 Å². The van der Waals surface area contributed by atoms with Crippen molar-refractivity contribution < 1.29 is 29.0 Å². The lowest BCUT2D eigenvalue weighted by Gasteiger charge is -2.36. The first-order valence-corrected chi connectivity index (χ1v) is 14.1. The predicted octanol–water partition coefficient (Wildman–Crippen LogP) is 3.81. The van der Waals surface area contributed by atoms with Gasteiger partial charge in [-0.2, -0.15) is 0 Å². The van der Waals surface area contributed by atoms with Gasteiger partial charge in [-0.3, -0.25) is 14.4 Å². The van der Waals surface area contributed by atoms with Crippen LogP contribution < -0.4 is 15.4 Å². The van der Waals surface area contributed by atoms with Crippen LogP contribution in [0.5, 0.6) is 5.75 Å². The summed E-state index contributed by atoms with van der Waals surface area (Å²) < 4.78 is 12.2. The molecule has 6 atom stereocenters. The van der Waals surface area contributed by atoms with Gasteiger partial charge in [0.25, 0.3) is 0 Å². The summed E-state index contributed by atoms with van der Waals surface area (Å²) in [4.78, 5) is 43.6. The fourth-order valence-corrected chi connectivity index (χ4v) is 6.96. The average molecular weight is 550 g/mol. The molecule has 5 rings (SSSR count). The Labute approximate surface area is 235 Å². The van der Waals surface area contributed by atoms with Crippen LogP contribution in [0.4, 0.5) is 11.4 Å². The fraction of sp³-hybridized carbons (Fsp3) is 0.516. The first kappa shape index (κ1) is 28.1. The summed E-state index contributed by atoms with van der Waals surface area (Å²) >= 11 is 0. The highest BCUT2D eigenvalue weighted by Crippen LogP contribution is 2.63. The van der Waals surface area contributed by atoms with Crippen LogP contribution in [-0.2, 0) is 19.1 Å². The van der Waals surface area contributed by atoms with E-state index in [1.807, 2.05) is 52.8 Å². The van der Waals surface area contributed by atoms with Gasteiger partial charge in [0, 0.05) is 11.4 Å². The van der Waals surface area contributed by atoms with Crippen molar-refractivity contribution in [3.05, 3.63) is 53.6 Å². The van der Waals surface area contributed by atoms with E-state index in [2.05, 4.69) is 10.6 Å². The lowest BCUT2D eigenvalue weighted by Crippen LogP contribution is -2.56. The number of hydrogen-bond acceptors (Lipinski definition) is 6.